The van der Waals surface area contributed by atoms with Crippen LogP contribution in [-0.4, -0.2) is 23.8 Å². The van der Waals surface area contributed by atoms with Gasteiger partial charge in [0, 0.05) is 16.7 Å². The van der Waals surface area contributed by atoms with E-state index in [9.17, 15) is 9.36 Å². The van der Waals surface area contributed by atoms with E-state index in [0.717, 1.165) is 0 Å². The third kappa shape index (κ3) is 2.44. The number of hydrogen-bond acceptors (Lipinski definition) is 4. The first-order valence-corrected chi connectivity index (χ1v) is 6.05. The van der Waals surface area contributed by atoms with Crippen LogP contribution in [0, 0.1) is 5.41 Å². The van der Waals surface area contributed by atoms with Crippen molar-refractivity contribution in [1.82, 2.24) is 0 Å². The summed E-state index contributed by atoms with van der Waals surface area (Å²) in [4.78, 5) is 10.7. The lowest BCUT2D eigenvalue weighted by atomic mass is 9.88. The zero-order valence-electron chi connectivity index (χ0n) is 7.19. The normalized spacial score (nSPS) is 38.5. The van der Waals surface area contributed by atoms with E-state index >= 15 is 0 Å². The van der Waals surface area contributed by atoms with Gasteiger partial charge in [-0.15, -0.1) is 0 Å². The first-order chi connectivity index (χ1) is 5.75. The van der Waals surface area contributed by atoms with Gasteiger partial charge in [-0.25, -0.2) is 9.36 Å². The Bertz CT molecular complexity index is 276. The predicted octanol–water partition coefficient (Wildman–Crippen LogP) is 1.86. The number of carboxylic acids is 1. The number of carbonyl (C=O) groups is 1. The van der Waals surface area contributed by atoms with Crippen molar-refractivity contribution in [3.63, 3.8) is 0 Å². The summed E-state index contributed by atoms with van der Waals surface area (Å²) in [6, 6.07) is 0. The van der Waals surface area contributed by atoms with Gasteiger partial charge in [-0.1, -0.05) is 13.8 Å². The number of carboxylic acid groups (broad SMARTS) is 1. The Morgan fingerprint density at radius 3 is 2.62 bits per heavy atom. The van der Waals surface area contributed by atoms with E-state index in [1.807, 2.05) is 0 Å². The van der Waals surface area contributed by atoms with Crippen LogP contribution in [0.15, 0.2) is 0 Å². The predicted molar refractivity (Wildman–Crippen MR) is 45.7 cm³/mol. The molecule has 0 radical (unpaired) electrons. The quantitative estimate of drug-likeness (QED) is 0.694. The van der Waals surface area contributed by atoms with Crippen LogP contribution in [0.5, 0.6) is 0 Å². The van der Waals surface area contributed by atoms with Crippen molar-refractivity contribution in [2.24, 2.45) is 5.41 Å². The number of rotatable bonds is 1. The maximum absolute atomic E-state index is 11.1. The minimum absolute atomic E-state index is 0.00471. The molecule has 1 aliphatic heterocycles. The number of aliphatic carboxylic acids is 1. The monoisotopic (exact) mass is 228 g/mol. The fourth-order valence-electron chi connectivity index (χ4n) is 0.998. The fraction of sp³-hybridized carbons (Fsp3) is 0.833. The van der Waals surface area contributed by atoms with Crippen LogP contribution in [0.25, 0.3) is 0 Å². The smallest absolute Gasteiger partial charge is 0.425 e. The molecule has 1 heterocycles. The van der Waals surface area contributed by atoms with Crippen LogP contribution < -0.4 is 0 Å². The molecule has 1 saturated heterocycles. The van der Waals surface area contributed by atoms with Gasteiger partial charge in [-0.05, 0) is 0 Å². The molecule has 2 unspecified atom stereocenters. The topological polar surface area (TPSA) is 72.8 Å². The zero-order chi connectivity index (χ0) is 10.3. The second-order valence-electron chi connectivity index (χ2n) is 3.52. The lowest BCUT2D eigenvalue weighted by Crippen LogP contribution is -2.43. The molecule has 1 fully saturated rings. The maximum atomic E-state index is 11.1. The lowest BCUT2D eigenvalue weighted by Gasteiger charge is -2.36. The molecule has 0 spiro atoms. The van der Waals surface area contributed by atoms with Crippen molar-refractivity contribution in [3.05, 3.63) is 0 Å². The third-order valence-corrected chi connectivity index (χ3v) is 3.19. The van der Waals surface area contributed by atoms with Crippen LogP contribution in [-0.2, 0) is 18.4 Å². The SMILES string of the molecule is CC1(C)COP(=O)(Cl)OC1C(=O)O. The minimum atomic E-state index is -3.69. The van der Waals surface area contributed by atoms with Gasteiger partial charge in [0.2, 0.25) is 0 Å². The Labute approximate surface area is 80.3 Å². The zero-order valence-corrected chi connectivity index (χ0v) is 8.84. The van der Waals surface area contributed by atoms with E-state index in [4.69, 9.17) is 20.9 Å². The molecule has 0 bridgehead atoms. The minimum Gasteiger partial charge on any atom is -0.479 e. The summed E-state index contributed by atoms with van der Waals surface area (Å²) in [5.74, 6) is -1.19. The van der Waals surface area contributed by atoms with Crippen molar-refractivity contribution in [2.45, 2.75) is 20.0 Å². The van der Waals surface area contributed by atoms with E-state index in [1.54, 1.807) is 13.8 Å². The summed E-state index contributed by atoms with van der Waals surface area (Å²) < 4.78 is 20.4. The molecular formula is C6H10ClO5P. The fourth-order valence-corrected chi connectivity index (χ4v) is 2.56. The van der Waals surface area contributed by atoms with Gasteiger partial charge >= 0.3 is 12.9 Å². The van der Waals surface area contributed by atoms with E-state index in [2.05, 4.69) is 4.52 Å². The van der Waals surface area contributed by atoms with Crippen LogP contribution in [0.3, 0.4) is 0 Å². The molecule has 2 atom stereocenters. The molecule has 0 saturated carbocycles. The van der Waals surface area contributed by atoms with Crippen LogP contribution in [0.1, 0.15) is 13.8 Å². The Hall–Kier alpha value is -0.0900. The second kappa shape index (κ2) is 3.24. The molecule has 7 heteroatoms. The van der Waals surface area contributed by atoms with Gasteiger partial charge in [0.15, 0.2) is 6.10 Å². The third-order valence-electron chi connectivity index (χ3n) is 1.76. The second-order valence-corrected chi connectivity index (χ2v) is 6.09. The van der Waals surface area contributed by atoms with E-state index < -0.39 is 24.4 Å². The molecule has 0 amide bonds. The van der Waals surface area contributed by atoms with Crippen molar-refractivity contribution < 1.29 is 23.5 Å². The molecule has 1 aliphatic rings. The molecule has 5 nitrogen and oxygen atoms in total. The molecule has 0 aromatic heterocycles. The van der Waals surface area contributed by atoms with E-state index in [0.29, 0.717) is 0 Å². The van der Waals surface area contributed by atoms with E-state index in [-0.39, 0.29) is 6.61 Å². The van der Waals surface area contributed by atoms with Crippen molar-refractivity contribution in [2.75, 3.05) is 6.61 Å². The first kappa shape index (κ1) is 11.0. The molecule has 0 aromatic rings. The van der Waals surface area contributed by atoms with Crippen LogP contribution in [0.4, 0.5) is 0 Å². The van der Waals surface area contributed by atoms with Gasteiger partial charge in [-0.2, -0.15) is 0 Å². The summed E-state index contributed by atoms with van der Waals surface area (Å²) in [6.07, 6.45) is -1.19. The largest absolute Gasteiger partial charge is 0.479 e. The van der Waals surface area contributed by atoms with Crippen LogP contribution in [0.2, 0.25) is 0 Å². The van der Waals surface area contributed by atoms with Crippen molar-refractivity contribution in [1.29, 1.82) is 0 Å². The van der Waals surface area contributed by atoms with Gasteiger partial charge in [0.1, 0.15) is 0 Å². The van der Waals surface area contributed by atoms with E-state index in [1.165, 1.54) is 0 Å². The highest BCUT2D eigenvalue weighted by Gasteiger charge is 2.47. The summed E-state index contributed by atoms with van der Waals surface area (Å²) in [7, 11) is 0. The number of hydrogen-bond donors (Lipinski definition) is 1. The van der Waals surface area contributed by atoms with Gasteiger partial charge in [0.25, 0.3) is 0 Å². The van der Waals surface area contributed by atoms with Gasteiger partial charge in [-0.3, -0.25) is 9.05 Å². The highest BCUT2D eigenvalue weighted by atomic mass is 35.7. The summed E-state index contributed by atoms with van der Waals surface area (Å²) in [5, 5.41) is 8.75. The Morgan fingerprint density at radius 2 is 2.23 bits per heavy atom. The first-order valence-electron chi connectivity index (χ1n) is 3.60. The maximum Gasteiger partial charge on any atom is 0.425 e. The molecule has 1 rings (SSSR count). The molecule has 1 N–H and O–H groups in total. The van der Waals surface area contributed by atoms with Crippen molar-refractivity contribution in [3.8, 4) is 0 Å². The average molecular weight is 229 g/mol. The van der Waals surface area contributed by atoms with Gasteiger partial charge in [0.05, 0.1) is 6.61 Å². The Balaban J connectivity index is 2.88. The summed E-state index contributed by atoms with van der Waals surface area (Å²) >= 11 is 5.29. The summed E-state index contributed by atoms with van der Waals surface area (Å²) in [5.41, 5.74) is -0.728. The molecular weight excluding hydrogens is 218 g/mol. The number of halogens is 1. The summed E-state index contributed by atoms with van der Waals surface area (Å²) in [6.45, 7) is -0.399. The molecule has 13 heavy (non-hydrogen) atoms. The van der Waals surface area contributed by atoms with Gasteiger partial charge < -0.3 is 5.11 Å². The molecule has 0 aliphatic carbocycles. The lowest BCUT2D eigenvalue weighted by molar-refractivity contribution is -0.155. The molecule has 0 aromatic carbocycles. The highest BCUT2D eigenvalue weighted by molar-refractivity contribution is 7.81. The average Bonchev–Trinajstić information content (AvgIpc) is 1.95. The molecule has 76 valence electrons. The van der Waals surface area contributed by atoms with Crippen molar-refractivity contribution >= 4 is 24.2 Å². The standard InChI is InChI=1S/C6H10ClO5P/c1-6(2)3-11-13(7,10)12-4(6)5(8)9/h4H,3H2,1-2H3,(H,8,9). The Kier molecular flexibility index (Phi) is 2.74. The Morgan fingerprint density at radius 1 is 1.69 bits per heavy atom. The highest BCUT2D eigenvalue weighted by Crippen LogP contribution is 2.60. The van der Waals surface area contributed by atoms with Crippen LogP contribution >= 0.6 is 18.2 Å².